The Morgan fingerprint density at radius 2 is 1.52 bits per heavy atom. The minimum Gasteiger partial charge on any atom is -0.375 e. The van der Waals surface area contributed by atoms with Gasteiger partial charge in [-0.1, -0.05) is 41.9 Å². The van der Waals surface area contributed by atoms with Gasteiger partial charge < -0.3 is 10.6 Å². The number of imide groups is 1. The van der Waals surface area contributed by atoms with Crippen LogP contribution in [0.4, 0.5) is 17.1 Å². The lowest BCUT2D eigenvalue weighted by atomic mass is 10.1. The smallest absolute Gasteiger partial charge is 0.266 e. The molecule has 4 rings (SSSR count). The number of para-hydroxylation sites is 1. The number of halogens is 1. The van der Waals surface area contributed by atoms with Crippen molar-refractivity contribution in [3.8, 4) is 0 Å². The van der Waals surface area contributed by atoms with Crippen LogP contribution in [-0.2, 0) is 4.79 Å². The average Bonchev–Trinajstić information content (AvgIpc) is 2.98. The van der Waals surface area contributed by atoms with Gasteiger partial charge in [0.15, 0.2) is 0 Å². The van der Waals surface area contributed by atoms with Gasteiger partial charge in [0, 0.05) is 5.69 Å². The first-order valence-electron chi connectivity index (χ1n) is 8.91. The van der Waals surface area contributed by atoms with Crippen molar-refractivity contribution in [2.45, 2.75) is 0 Å². The highest BCUT2D eigenvalue weighted by Gasteiger charge is 2.36. The third kappa shape index (κ3) is 3.70. The molecule has 3 amide bonds. The predicted molar refractivity (Wildman–Crippen MR) is 113 cm³/mol. The molecule has 1 aliphatic heterocycles. The standard InChI is InChI=1S/C22H16ClN3O3/c23-18-10-3-4-11-19(18)24-13-20(27)25-14-6-5-7-15(12-14)26-21(28)16-8-1-2-9-17(16)22(26)29/h1-12,24H,13H2,(H,25,27). The SMILES string of the molecule is O=C(CNc1ccccc1Cl)Nc1cccc(N2C(=O)c3ccccc3C2=O)c1. The van der Waals surface area contributed by atoms with Gasteiger partial charge in [0.2, 0.25) is 5.91 Å². The summed E-state index contributed by atoms with van der Waals surface area (Å²) in [6.45, 7) is 0.0149. The minimum absolute atomic E-state index is 0.0149. The zero-order chi connectivity index (χ0) is 20.4. The third-order valence-electron chi connectivity index (χ3n) is 4.50. The van der Waals surface area contributed by atoms with Gasteiger partial charge in [0.05, 0.1) is 34.1 Å². The van der Waals surface area contributed by atoms with Crippen molar-refractivity contribution in [2.75, 3.05) is 22.1 Å². The Balaban J connectivity index is 1.47. The maximum atomic E-state index is 12.6. The fourth-order valence-corrected chi connectivity index (χ4v) is 3.33. The molecule has 1 aliphatic rings. The summed E-state index contributed by atoms with van der Waals surface area (Å²) in [5.74, 6) is -1.05. The second-order valence-corrected chi connectivity index (χ2v) is 6.83. The molecule has 29 heavy (non-hydrogen) atoms. The molecule has 6 nitrogen and oxygen atoms in total. The molecule has 0 spiro atoms. The molecular formula is C22H16ClN3O3. The first-order valence-corrected chi connectivity index (χ1v) is 9.28. The van der Waals surface area contributed by atoms with Crippen LogP contribution in [0.2, 0.25) is 5.02 Å². The van der Waals surface area contributed by atoms with Crippen LogP contribution < -0.4 is 15.5 Å². The molecule has 0 fully saturated rings. The highest BCUT2D eigenvalue weighted by Crippen LogP contribution is 2.29. The number of anilines is 3. The number of amides is 3. The van der Waals surface area contributed by atoms with Gasteiger partial charge in [-0.15, -0.1) is 0 Å². The monoisotopic (exact) mass is 405 g/mol. The third-order valence-corrected chi connectivity index (χ3v) is 4.83. The van der Waals surface area contributed by atoms with Crippen LogP contribution >= 0.6 is 11.6 Å². The summed E-state index contributed by atoms with van der Waals surface area (Å²) in [6, 6.07) is 20.4. The van der Waals surface area contributed by atoms with Crippen LogP contribution in [0, 0.1) is 0 Å². The molecule has 0 aromatic heterocycles. The van der Waals surface area contributed by atoms with Crippen molar-refractivity contribution in [3.05, 3.63) is 88.9 Å². The van der Waals surface area contributed by atoms with E-state index in [0.29, 0.717) is 33.2 Å². The van der Waals surface area contributed by atoms with Crippen molar-refractivity contribution >= 4 is 46.4 Å². The number of carbonyl (C=O) groups is 3. The first kappa shape index (κ1) is 18.7. The molecular weight excluding hydrogens is 390 g/mol. The molecule has 0 saturated carbocycles. The average molecular weight is 406 g/mol. The van der Waals surface area contributed by atoms with Crippen LogP contribution in [0.25, 0.3) is 0 Å². The normalized spacial score (nSPS) is 12.7. The first-order chi connectivity index (χ1) is 14.0. The van der Waals surface area contributed by atoms with Crippen molar-refractivity contribution in [3.63, 3.8) is 0 Å². The molecule has 0 unspecified atom stereocenters. The van der Waals surface area contributed by atoms with Gasteiger partial charge in [-0.25, -0.2) is 4.90 Å². The molecule has 7 heteroatoms. The number of hydrogen-bond donors (Lipinski definition) is 2. The van der Waals surface area contributed by atoms with Gasteiger partial charge in [0.1, 0.15) is 0 Å². The Morgan fingerprint density at radius 1 is 0.862 bits per heavy atom. The lowest BCUT2D eigenvalue weighted by molar-refractivity contribution is -0.114. The van der Waals surface area contributed by atoms with E-state index in [1.54, 1.807) is 66.7 Å². The summed E-state index contributed by atoms with van der Waals surface area (Å²) < 4.78 is 0. The Hall–Kier alpha value is -3.64. The highest BCUT2D eigenvalue weighted by molar-refractivity contribution is 6.34. The second-order valence-electron chi connectivity index (χ2n) is 6.42. The number of rotatable bonds is 5. The number of hydrogen-bond acceptors (Lipinski definition) is 4. The maximum absolute atomic E-state index is 12.6. The van der Waals surface area contributed by atoms with Gasteiger partial charge in [0.25, 0.3) is 11.8 Å². The fourth-order valence-electron chi connectivity index (χ4n) is 3.13. The van der Waals surface area contributed by atoms with Crippen LogP contribution in [0.3, 0.4) is 0 Å². The van der Waals surface area contributed by atoms with E-state index in [2.05, 4.69) is 10.6 Å². The zero-order valence-corrected chi connectivity index (χ0v) is 15.9. The molecule has 144 valence electrons. The molecule has 1 heterocycles. The zero-order valence-electron chi connectivity index (χ0n) is 15.2. The second kappa shape index (κ2) is 7.77. The molecule has 0 radical (unpaired) electrons. The predicted octanol–water partition coefficient (Wildman–Crippen LogP) is 4.19. The Kier molecular flexibility index (Phi) is 5.01. The van der Waals surface area contributed by atoms with Crippen LogP contribution in [-0.4, -0.2) is 24.3 Å². The van der Waals surface area contributed by atoms with E-state index >= 15 is 0 Å². The van der Waals surface area contributed by atoms with Crippen molar-refractivity contribution in [2.24, 2.45) is 0 Å². The number of benzene rings is 3. The number of nitrogens with zero attached hydrogens (tertiary/aromatic N) is 1. The summed E-state index contributed by atoms with van der Waals surface area (Å²) >= 11 is 6.06. The summed E-state index contributed by atoms with van der Waals surface area (Å²) in [5.41, 5.74) is 2.27. The number of fused-ring (bicyclic) bond motifs is 1. The van der Waals surface area contributed by atoms with Crippen molar-refractivity contribution in [1.29, 1.82) is 0 Å². The Bertz CT molecular complexity index is 1090. The summed E-state index contributed by atoms with van der Waals surface area (Å²) in [4.78, 5) is 38.6. The van der Waals surface area contributed by atoms with E-state index in [9.17, 15) is 14.4 Å². The Labute approximate surface area is 172 Å². The van der Waals surface area contributed by atoms with E-state index in [-0.39, 0.29) is 24.3 Å². The van der Waals surface area contributed by atoms with Gasteiger partial charge in [-0.2, -0.15) is 0 Å². The van der Waals surface area contributed by atoms with Crippen LogP contribution in [0.15, 0.2) is 72.8 Å². The maximum Gasteiger partial charge on any atom is 0.266 e. The van der Waals surface area contributed by atoms with Crippen LogP contribution in [0.5, 0.6) is 0 Å². The van der Waals surface area contributed by atoms with Crippen molar-refractivity contribution in [1.82, 2.24) is 0 Å². The number of carbonyl (C=O) groups excluding carboxylic acids is 3. The quantitative estimate of drug-likeness (QED) is 0.624. The highest BCUT2D eigenvalue weighted by atomic mass is 35.5. The molecule has 3 aromatic carbocycles. The van der Waals surface area contributed by atoms with Gasteiger partial charge in [-0.3, -0.25) is 14.4 Å². The van der Waals surface area contributed by atoms with Gasteiger partial charge in [-0.05, 0) is 42.5 Å². The molecule has 3 aromatic rings. The van der Waals surface area contributed by atoms with E-state index in [0.717, 1.165) is 4.90 Å². The molecule has 0 saturated heterocycles. The Morgan fingerprint density at radius 3 is 2.21 bits per heavy atom. The lowest BCUT2D eigenvalue weighted by Gasteiger charge is -2.15. The number of nitrogens with one attached hydrogen (secondary N) is 2. The fraction of sp³-hybridized carbons (Fsp3) is 0.0455. The molecule has 0 bridgehead atoms. The van der Waals surface area contributed by atoms with E-state index in [4.69, 9.17) is 11.6 Å². The van der Waals surface area contributed by atoms with E-state index in [1.807, 2.05) is 6.07 Å². The lowest BCUT2D eigenvalue weighted by Crippen LogP contribution is -2.29. The largest absolute Gasteiger partial charge is 0.375 e. The van der Waals surface area contributed by atoms with E-state index < -0.39 is 0 Å². The summed E-state index contributed by atoms with van der Waals surface area (Å²) in [7, 11) is 0. The minimum atomic E-state index is -0.380. The molecule has 0 aliphatic carbocycles. The summed E-state index contributed by atoms with van der Waals surface area (Å²) in [5, 5.41) is 6.24. The van der Waals surface area contributed by atoms with Crippen LogP contribution in [0.1, 0.15) is 20.7 Å². The molecule has 0 atom stereocenters. The van der Waals surface area contributed by atoms with Crippen molar-refractivity contribution < 1.29 is 14.4 Å². The molecule has 2 N–H and O–H groups in total. The van der Waals surface area contributed by atoms with Gasteiger partial charge >= 0.3 is 0 Å². The summed E-state index contributed by atoms with van der Waals surface area (Å²) in [6.07, 6.45) is 0. The topological polar surface area (TPSA) is 78.5 Å². The van der Waals surface area contributed by atoms with E-state index in [1.165, 1.54) is 0 Å².